The summed E-state index contributed by atoms with van der Waals surface area (Å²) in [6, 6.07) is 6.92. The molecule has 1 fully saturated rings. The van der Waals surface area contributed by atoms with Gasteiger partial charge >= 0.3 is 5.97 Å². The molecule has 1 saturated heterocycles. The number of benzene rings is 1. The van der Waals surface area contributed by atoms with Gasteiger partial charge in [-0.2, -0.15) is 4.98 Å². The topological polar surface area (TPSA) is 129 Å². The maximum atomic E-state index is 12.2. The van der Waals surface area contributed by atoms with Crippen molar-refractivity contribution >= 4 is 17.1 Å². The number of carbonyl (C=O) groups is 1. The normalized spacial score (nSPS) is 24.0. The Labute approximate surface area is 165 Å². The lowest BCUT2D eigenvalue weighted by Gasteiger charge is -2.16. The fourth-order valence-electron chi connectivity index (χ4n) is 3.19. The van der Waals surface area contributed by atoms with Crippen molar-refractivity contribution in [3.05, 3.63) is 48.0 Å². The fourth-order valence-corrected chi connectivity index (χ4v) is 3.19. The third-order valence-corrected chi connectivity index (χ3v) is 4.80. The van der Waals surface area contributed by atoms with Crippen LogP contribution in [0.25, 0.3) is 11.2 Å². The van der Waals surface area contributed by atoms with Crippen molar-refractivity contribution in [2.24, 2.45) is 0 Å². The number of imidazole rings is 1. The van der Waals surface area contributed by atoms with Gasteiger partial charge in [0.15, 0.2) is 17.4 Å². The fraction of sp³-hybridized carbons (Fsp3) is 0.368. The van der Waals surface area contributed by atoms with Crippen LogP contribution in [0.3, 0.4) is 0 Å². The van der Waals surface area contributed by atoms with E-state index in [1.807, 2.05) is 6.92 Å². The number of aliphatic hydroxyl groups excluding tert-OH is 2. The molecule has 0 amide bonds. The van der Waals surface area contributed by atoms with Crippen LogP contribution in [-0.4, -0.2) is 67.7 Å². The van der Waals surface area contributed by atoms with Crippen LogP contribution in [0.15, 0.2) is 36.9 Å². The minimum absolute atomic E-state index is 0.216. The molecule has 10 nitrogen and oxygen atoms in total. The third-order valence-electron chi connectivity index (χ3n) is 4.80. The van der Waals surface area contributed by atoms with Crippen molar-refractivity contribution < 1.29 is 29.2 Å². The highest BCUT2D eigenvalue weighted by Gasteiger charge is 2.45. The number of methoxy groups -OCH3 is 1. The number of rotatable bonds is 5. The molecule has 4 atom stereocenters. The number of aryl methyl sites for hydroxylation is 1. The van der Waals surface area contributed by atoms with E-state index in [1.54, 1.807) is 24.3 Å². The molecule has 0 unspecified atom stereocenters. The van der Waals surface area contributed by atoms with Gasteiger partial charge in [-0.05, 0) is 19.1 Å². The minimum atomic E-state index is -1.27. The smallest absolute Gasteiger partial charge is 0.338 e. The predicted molar refractivity (Wildman–Crippen MR) is 99.3 cm³/mol. The summed E-state index contributed by atoms with van der Waals surface area (Å²) >= 11 is 0. The highest BCUT2D eigenvalue weighted by atomic mass is 16.6. The zero-order valence-corrected chi connectivity index (χ0v) is 15.8. The highest BCUT2D eigenvalue weighted by Crippen LogP contribution is 2.32. The van der Waals surface area contributed by atoms with Crippen molar-refractivity contribution in [2.45, 2.75) is 31.5 Å². The molecule has 10 heteroatoms. The molecule has 0 saturated carbocycles. The Bertz CT molecular complexity index is 1020. The van der Waals surface area contributed by atoms with Gasteiger partial charge in [0.1, 0.15) is 31.2 Å². The van der Waals surface area contributed by atoms with Gasteiger partial charge < -0.3 is 24.4 Å². The average molecular weight is 400 g/mol. The van der Waals surface area contributed by atoms with E-state index in [0.29, 0.717) is 16.7 Å². The Morgan fingerprint density at radius 2 is 1.93 bits per heavy atom. The van der Waals surface area contributed by atoms with Crippen LogP contribution in [0.2, 0.25) is 0 Å². The Morgan fingerprint density at radius 1 is 1.17 bits per heavy atom. The first-order chi connectivity index (χ1) is 14.0. The SMILES string of the molecule is COc1ncnc2c1ncn2[C@@H]1O[C@H](COC(=O)c2ccc(C)cc2)[C@@H](O)[C@@H]1O. The van der Waals surface area contributed by atoms with Gasteiger partial charge in [-0.25, -0.2) is 14.8 Å². The lowest BCUT2D eigenvalue weighted by atomic mass is 10.1. The summed E-state index contributed by atoms with van der Waals surface area (Å²) in [4.78, 5) is 24.5. The number of fused-ring (bicyclic) bond motifs is 1. The first kappa shape index (κ1) is 19.2. The quantitative estimate of drug-likeness (QED) is 0.592. The van der Waals surface area contributed by atoms with Crippen LogP contribution in [0.1, 0.15) is 22.1 Å². The van der Waals surface area contributed by atoms with Gasteiger partial charge in [0.25, 0.3) is 0 Å². The maximum Gasteiger partial charge on any atom is 0.338 e. The number of nitrogens with zero attached hydrogens (tertiary/aromatic N) is 4. The molecular formula is C19H20N4O6. The van der Waals surface area contributed by atoms with E-state index < -0.39 is 30.5 Å². The minimum Gasteiger partial charge on any atom is -0.479 e. The summed E-state index contributed by atoms with van der Waals surface area (Å²) in [7, 11) is 1.46. The number of carbonyl (C=O) groups excluding carboxylic acids is 1. The molecule has 0 bridgehead atoms. The van der Waals surface area contributed by atoms with Crippen LogP contribution >= 0.6 is 0 Å². The van der Waals surface area contributed by atoms with Crippen molar-refractivity contribution in [3.63, 3.8) is 0 Å². The second-order valence-electron chi connectivity index (χ2n) is 6.72. The number of ether oxygens (including phenoxy) is 3. The number of hydrogen-bond acceptors (Lipinski definition) is 9. The second kappa shape index (κ2) is 7.74. The van der Waals surface area contributed by atoms with E-state index in [1.165, 1.54) is 24.3 Å². The summed E-state index contributed by atoms with van der Waals surface area (Å²) < 4.78 is 17.6. The number of hydrogen-bond donors (Lipinski definition) is 2. The Kier molecular flexibility index (Phi) is 5.14. The predicted octanol–water partition coefficient (Wildman–Crippen LogP) is 0.620. The molecule has 2 aromatic heterocycles. The lowest BCUT2D eigenvalue weighted by Crippen LogP contribution is -2.34. The third kappa shape index (κ3) is 3.53. The molecule has 0 spiro atoms. The van der Waals surface area contributed by atoms with E-state index >= 15 is 0 Å². The van der Waals surface area contributed by atoms with E-state index in [2.05, 4.69) is 15.0 Å². The molecular weight excluding hydrogens is 380 g/mol. The summed E-state index contributed by atoms with van der Waals surface area (Å²) in [5, 5.41) is 20.8. The summed E-state index contributed by atoms with van der Waals surface area (Å²) in [6.45, 7) is 1.70. The standard InChI is InChI=1S/C19H20N4O6/c1-10-3-5-11(6-4-10)19(26)28-7-12-14(24)15(25)18(29-12)23-9-22-13-16(23)20-8-21-17(13)27-2/h3-6,8-9,12,14-15,18,24-25H,7H2,1-2H3/t12-,14-,15+,18-/m1/s1. The molecule has 0 radical (unpaired) electrons. The zero-order chi connectivity index (χ0) is 20.5. The molecule has 1 aromatic carbocycles. The van der Waals surface area contributed by atoms with Gasteiger partial charge in [0, 0.05) is 0 Å². The molecule has 0 aliphatic carbocycles. The van der Waals surface area contributed by atoms with E-state index in [0.717, 1.165) is 5.56 Å². The lowest BCUT2D eigenvalue weighted by molar-refractivity contribution is -0.0565. The maximum absolute atomic E-state index is 12.2. The Balaban J connectivity index is 1.48. The number of aromatic nitrogens is 4. The van der Waals surface area contributed by atoms with E-state index in [9.17, 15) is 15.0 Å². The highest BCUT2D eigenvalue weighted by molar-refractivity contribution is 5.89. The van der Waals surface area contributed by atoms with Crippen LogP contribution in [-0.2, 0) is 9.47 Å². The molecule has 3 aromatic rings. The molecule has 152 valence electrons. The largest absolute Gasteiger partial charge is 0.479 e. The van der Waals surface area contributed by atoms with E-state index in [4.69, 9.17) is 14.2 Å². The van der Waals surface area contributed by atoms with Gasteiger partial charge in [-0.3, -0.25) is 4.57 Å². The second-order valence-corrected chi connectivity index (χ2v) is 6.72. The average Bonchev–Trinajstić information content (AvgIpc) is 3.28. The van der Waals surface area contributed by atoms with Gasteiger partial charge in [-0.1, -0.05) is 17.7 Å². The van der Waals surface area contributed by atoms with Crippen molar-refractivity contribution in [2.75, 3.05) is 13.7 Å². The van der Waals surface area contributed by atoms with Crippen LogP contribution in [0.5, 0.6) is 5.88 Å². The molecule has 1 aliphatic rings. The first-order valence-corrected chi connectivity index (χ1v) is 8.96. The number of aliphatic hydroxyl groups is 2. The first-order valence-electron chi connectivity index (χ1n) is 8.96. The van der Waals surface area contributed by atoms with Crippen molar-refractivity contribution in [1.29, 1.82) is 0 Å². The van der Waals surface area contributed by atoms with Gasteiger partial charge in [-0.15, -0.1) is 0 Å². The van der Waals surface area contributed by atoms with Crippen molar-refractivity contribution in [3.8, 4) is 5.88 Å². The Morgan fingerprint density at radius 3 is 2.66 bits per heavy atom. The summed E-state index contributed by atoms with van der Waals surface area (Å²) in [6.07, 6.45) is -1.67. The number of esters is 1. The monoisotopic (exact) mass is 400 g/mol. The van der Waals surface area contributed by atoms with Crippen LogP contribution in [0, 0.1) is 6.92 Å². The van der Waals surface area contributed by atoms with Crippen LogP contribution in [0.4, 0.5) is 0 Å². The molecule has 4 rings (SSSR count). The van der Waals surface area contributed by atoms with Crippen molar-refractivity contribution in [1.82, 2.24) is 19.5 Å². The van der Waals surface area contributed by atoms with Crippen LogP contribution < -0.4 is 4.74 Å². The Hall–Kier alpha value is -3.08. The molecule has 1 aliphatic heterocycles. The summed E-state index contributed by atoms with van der Waals surface area (Å²) in [5.41, 5.74) is 2.19. The summed E-state index contributed by atoms with van der Waals surface area (Å²) in [5.74, 6) is -0.255. The van der Waals surface area contributed by atoms with E-state index in [-0.39, 0.29) is 12.5 Å². The van der Waals surface area contributed by atoms with Gasteiger partial charge in [0.2, 0.25) is 5.88 Å². The molecule has 29 heavy (non-hydrogen) atoms. The zero-order valence-electron chi connectivity index (χ0n) is 15.8. The molecule has 3 heterocycles. The van der Waals surface area contributed by atoms with Gasteiger partial charge in [0.05, 0.1) is 19.0 Å². The molecule has 2 N–H and O–H groups in total.